The SMILES string of the molecule is Cl.Cl.Clc1cnccc1[C@H](C1CC1)N1CCNCC1. The van der Waals surface area contributed by atoms with Crippen molar-refractivity contribution in [1.29, 1.82) is 0 Å². The molecule has 1 aromatic heterocycles. The molecule has 0 bridgehead atoms. The van der Waals surface area contributed by atoms with Gasteiger partial charge in [-0.2, -0.15) is 0 Å². The van der Waals surface area contributed by atoms with Crippen molar-refractivity contribution in [2.45, 2.75) is 18.9 Å². The minimum Gasteiger partial charge on any atom is -0.314 e. The monoisotopic (exact) mass is 323 g/mol. The lowest BCUT2D eigenvalue weighted by molar-refractivity contribution is 0.156. The fourth-order valence-electron chi connectivity index (χ4n) is 2.75. The molecule has 1 aliphatic heterocycles. The molecular formula is C13H20Cl3N3. The standard InChI is InChI=1S/C13H18ClN3.2ClH/c14-12-9-16-4-3-11(12)13(10-1-2-10)17-7-5-15-6-8-17;;/h3-4,9-10,13,15H,1-2,5-8H2;2*1H/t13-;;/m0../s1. The van der Waals surface area contributed by atoms with Crippen molar-refractivity contribution in [2.75, 3.05) is 26.2 Å². The van der Waals surface area contributed by atoms with E-state index in [0.29, 0.717) is 6.04 Å². The van der Waals surface area contributed by atoms with Crippen LogP contribution < -0.4 is 5.32 Å². The van der Waals surface area contributed by atoms with E-state index < -0.39 is 0 Å². The van der Waals surface area contributed by atoms with Crippen LogP contribution in [0.15, 0.2) is 18.5 Å². The molecule has 0 amide bonds. The van der Waals surface area contributed by atoms with Crippen LogP contribution in [0, 0.1) is 5.92 Å². The first-order valence-corrected chi connectivity index (χ1v) is 6.78. The molecule has 0 aromatic carbocycles. The fourth-order valence-corrected chi connectivity index (χ4v) is 2.98. The Morgan fingerprint density at radius 3 is 2.53 bits per heavy atom. The number of pyridine rings is 1. The second kappa shape index (κ2) is 7.65. The van der Waals surface area contributed by atoms with Gasteiger partial charge in [0.05, 0.1) is 5.02 Å². The number of hydrogen-bond acceptors (Lipinski definition) is 3. The molecule has 1 aromatic rings. The van der Waals surface area contributed by atoms with E-state index in [4.69, 9.17) is 11.6 Å². The number of aromatic nitrogens is 1. The van der Waals surface area contributed by atoms with Crippen molar-refractivity contribution in [2.24, 2.45) is 5.92 Å². The Balaban J connectivity index is 0.000000902. The Bertz CT molecular complexity index is 392. The molecule has 0 unspecified atom stereocenters. The van der Waals surface area contributed by atoms with Crippen molar-refractivity contribution in [3.63, 3.8) is 0 Å². The summed E-state index contributed by atoms with van der Waals surface area (Å²) in [5.41, 5.74) is 1.27. The third-order valence-corrected chi connectivity index (χ3v) is 4.05. The first-order valence-electron chi connectivity index (χ1n) is 6.40. The quantitative estimate of drug-likeness (QED) is 0.926. The molecule has 1 saturated carbocycles. The van der Waals surface area contributed by atoms with Crippen LogP contribution in [0.3, 0.4) is 0 Å². The normalized spacial score (nSPS) is 21.1. The second-order valence-electron chi connectivity index (χ2n) is 4.97. The first-order chi connectivity index (χ1) is 8.36. The summed E-state index contributed by atoms with van der Waals surface area (Å²) in [6.45, 7) is 4.43. The van der Waals surface area contributed by atoms with Gasteiger partial charge in [0.25, 0.3) is 0 Å². The largest absolute Gasteiger partial charge is 0.314 e. The van der Waals surface area contributed by atoms with E-state index in [2.05, 4.69) is 21.3 Å². The summed E-state index contributed by atoms with van der Waals surface area (Å²) >= 11 is 6.31. The molecule has 0 radical (unpaired) electrons. The predicted molar refractivity (Wildman–Crippen MR) is 83.7 cm³/mol. The summed E-state index contributed by atoms with van der Waals surface area (Å²) in [7, 11) is 0. The van der Waals surface area contributed by atoms with Gasteiger partial charge in [-0.3, -0.25) is 9.88 Å². The number of rotatable bonds is 3. The van der Waals surface area contributed by atoms with Gasteiger partial charge in [-0.1, -0.05) is 11.6 Å². The zero-order valence-electron chi connectivity index (χ0n) is 10.7. The van der Waals surface area contributed by atoms with Crippen LogP contribution in [0.2, 0.25) is 5.02 Å². The number of nitrogens with one attached hydrogen (secondary N) is 1. The fraction of sp³-hybridized carbons (Fsp3) is 0.615. The molecule has 2 aliphatic rings. The molecule has 1 aliphatic carbocycles. The Hall–Kier alpha value is -0.0600. The lowest BCUT2D eigenvalue weighted by atomic mass is 10.0. The summed E-state index contributed by atoms with van der Waals surface area (Å²) < 4.78 is 0. The van der Waals surface area contributed by atoms with Gasteiger partial charge in [-0.15, -0.1) is 24.8 Å². The topological polar surface area (TPSA) is 28.2 Å². The number of halogens is 3. The van der Waals surface area contributed by atoms with Gasteiger partial charge in [0.15, 0.2) is 0 Å². The van der Waals surface area contributed by atoms with Crippen LogP contribution in [-0.2, 0) is 0 Å². The van der Waals surface area contributed by atoms with Gasteiger partial charge in [0.2, 0.25) is 0 Å². The smallest absolute Gasteiger partial charge is 0.0637 e. The molecule has 2 fully saturated rings. The summed E-state index contributed by atoms with van der Waals surface area (Å²) in [4.78, 5) is 6.67. The van der Waals surface area contributed by atoms with Gasteiger partial charge in [-0.25, -0.2) is 0 Å². The van der Waals surface area contributed by atoms with E-state index >= 15 is 0 Å². The van der Waals surface area contributed by atoms with Crippen LogP contribution in [0.25, 0.3) is 0 Å². The van der Waals surface area contributed by atoms with Crippen molar-refractivity contribution < 1.29 is 0 Å². The zero-order valence-corrected chi connectivity index (χ0v) is 13.1. The predicted octanol–water partition coefficient (Wildman–Crippen LogP) is 2.93. The molecule has 3 rings (SSSR count). The maximum absolute atomic E-state index is 6.31. The van der Waals surface area contributed by atoms with E-state index in [-0.39, 0.29) is 24.8 Å². The van der Waals surface area contributed by atoms with Crippen LogP contribution in [0.4, 0.5) is 0 Å². The molecule has 0 spiro atoms. The van der Waals surface area contributed by atoms with E-state index in [0.717, 1.165) is 37.1 Å². The minimum atomic E-state index is 0. The first kappa shape index (κ1) is 17.0. The summed E-state index contributed by atoms with van der Waals surface area (Å²) in [5.74, 6) is 0.799. The van der Waals surface area contributed by atoms with E-state index in [9.17, 15) is 0 Å². The van der Waals surface area contributed by atoms with Gasteiger partial charge >= 0.3 is 0 Å². The molecular weight excluding hydrogens is 305 g/mol. The van der Waals surface area contributed by atoms with Crippen molar-refractivity contribution >= 4 is 36.4 Å². The van der Waals surface area contributed by atoms with Crippen LogP contribution in [-0.4, -0.2) is 36.1 Å². The van der Waals surface area contributed by atoms with Gasteiger partial charge in [0, 0.05) is 44.6 Å². The molecule has 1 atom stereocenters. The molecule has 1 saturated heterocycles. The van der Waals surface area contributed by atoms with Gasteiger partial charge < -0.3 is 5.32 Å². The Morgan fingerprint density at radius 1 is 1.26 bits per heavy atom. The Kier molecular flexibility index (Phi) is 6.84. The number of hydrogen-bond donors (Lipinski definition) is 1. The Morgan fingerprint density at radius 2 is 1.95 bits per heavy atom. The third-order valence-electron chi connectivity index (χ3n) is 3.74. The molecule has 108 valence electrons. The average molecular weight is 325 g/mol. The highest BCUT2D eigenvalue weighted by molar-refractivity contribution is 6.31. The lowest BCUT2D eigenvalue weighted by Crippen LogP contribution is -2.45. The average Bonchev–Trinajstić information content (AvgIpc) is 3.18. The van der Waals surface area contributed by atoms with Gasteiger partial charge in [0.1, 0.15) is 0 Å². The number of piperazine rings is 1. The lowest BCUT2D eigenvalue weighted by Gasteiger charge is -2.35. The summed E-state index contributed by atoms with van der Waals surface area (Å²) in [5, 5.41) is 4.23. The summed E-state index contributed by atoms with van der Waals surface area (Å²) in [6, 6.07) is 2.60. The molecule has 1 N–H and O–H groups in total. The molecule has 3 nitrogen and oxygen atoms in total. The highest BCUT2D eigenvalue weighted by atomic mass is 35.5. The van der Waals surface area contributed by atoms with Crippen LogP contribution >= 0.6 is 36.4 Å². The van der Waals surface area contributed by atoms with Crippen molar-refractivity contribution in [3.05, 3.63) is 29.0 Å². The van der Waals surface area contributed by atoms with E-state index in [1.165, 1.54) is 18.4 Å². The Labute approximate surface area is 131 Å². The third kappa shape index (κ3) is 3.96. The van der Waals surface area contributed by atoms with Crippen LogP contribution in [0.1, 0.15) is 24.4 Å². The van der Waals surface area contributed by atoms with Crippen molar-refractivity contribution in [1.82, 2.24) is 15.2 Å². The second-order valence-corrected chi connectivity index (χ2v) is 5.37. The maximum atomic E-state index is 6.31. The van der Waals surface area contributed by atoms with Crippen molar-refractivity contribution in [3.8, 4) is 0 Å². The van der Waals surface area contributed by atoms with E-state index in [1.54, 1.807) is 6.20 Å². The number of nitrogens with zero attached hydrogens (tertiary/aromatic N) is 2. The zero-order chi connectivity index (χ0) is 11.7. The summed E-state index contributed by atoms with van der Waals surface area (Å²) in [6.07, 6.45) is 6.31. The molecule has 2 heterocycles. The molecule has 19 heavy (non-hydrogen) atoms. The maximum Gasteiger partial charge on any atom is 0.0637 e. The highest BCUT2D eigenvalue weighted by Crippen LogP contribution is 2.46. The van der Waals surface area contributed by atoms with Gasteiger partial charge in [-0.05, 0) is 30.4 Å². The molecule has 6 heteroatoms. The highest BCUT2D eigenvalue weighted by Gasteiger charge is 2.37. The van der Waals surface area contributed by atoms with Crippen LogP contribution in [0.5, 0.6) is 0 Å². The van der Waals surface area contributed by atoms with E-state index in [1.807, 2.05) is 6.20 Å². The minimum absolute atomic E-state index is 0.